The lowest BCUT2D eigenvalue weighted by Crippen LogP contribution is -2.38. The number of carbonyl (C=O) groups excluding carboxylic acids is 1. The topological polar surface area (TPSA) is 79.4 Å². The van der Waals surface area contributed by atoms with Crippen LogP contribution in [0.1, 0.15) is 18.5 Å². The number of carbonyl (C=O) groups is 1. The Morgan fingerprint density at radius 2 is 2.11 bits per heavy atom. The Balaban J connectivity index is 2.01. The lowest BCUT2D eigenvalue weighted by Gasteiger charge is -2.15. The van der Waals surface area contributed by atoms with Crippen molar-refractivity contribution >= 4 is 38.9 Å². The quantitative estimate of drug-likeness (QED) is 0.896. The van der Waals surface area contributed by atoms with Crippen LogP contribution in [0.15, 0.2) is 4.21 Å². The number of hydrogen-bond acceptors (Lipinski definition) is 5. The predicted molar refractivity (Wildman–Crippen MR) is 72.9 cm³/mol. The summed E-state index contributed by atoms with van der Waals surface area (Å²) in [7, 11) is -3.72. The molecule has 2 rings (SSSR count). The molecular formula is C10H14ClN3O3S2. The van der Waals surface area contributed by atoms with E-state index in [1.165, 1.54) is 0 Å². The Hall–Kier alpha value is -0.700. The van der Waals surface area contributed by atoms with E-state index in [2.05, 4.69) is 9.71 Å². The largest absolute Gasteiger partial charge is 0.342 e. The van der Waals surface area contributed by atoms with Crippen LogP contribution in [0.4, 0.5) is 0 Å². The smallest absolute Gasteiger partial charge is 0.252 e. The van der Waals surface area contributed by atoms with E-state index in [1.807, 2.05) is 0 Å². The molecule has 1 aromatic rings. The van der Waals surface area contributed by atoms with Gasteiger partial charge in [-0.05, 0) is 19.8 Å². The van der Waals surface area contributed by atoms with E-state index < -0.39 is 10.0 Å². The molecule has 0 spiro atoms. The average molecular weight is 324 g/mol. The summed E-state index contributed by atoms with van der Waals surface area (Å²) in [5.74, 6) is -0.200. The van der Waals surface area contributed by atoms with Gasteiger partial charge in [-0.15, -0.1) is 0 Å². The van der Waals surface area contributed by atoms with Gasteiger partial charge in [0.25, 0.3) is 10.0 Å². The van der Waals surface area contributed by atoms with Gasteiger partial charge in [0, 0.05) is 13.1 Å². The first-order chi connectivity index (χ1) is 8.90. The molecule has 1 aliphatic rings. The molecule has 1 fully saturated rings. The molecule has 0 saturated carbocycles. The standard InChI is InChI=1S/C10H14ClN3O3S2/c1-7-9(18-10(11)13-7)19(16,17)12-6-8(15)14-4-2-3-5-14/h12H,2-6H2,1H3. The van der Waals surface area contributed by atoms with Crippen LogP contribution in [0.5, 0.6) is 0 Å². The molecule has 106 valence electrons. The Kier molecular flexibility index (Phi) is 4.44. The Morgan fingerprint density at radius 1 is 1.47 bits per heavy atom. The van der Waals surface area contributed by atoms with Crippen molar-refractivity contribution in [2.45, 2.75) is 24.0 Å². The van der Waals surface area contributed by atoms with E-state index in [0.717, 1.165) is 24.2 Å². The Labute approximate surface area is 120 Å². The van der Waals surface area contributed by atoms with E-state index >= 15 is 0 Å². The molecule has 0 aromatic carbocycles. The third kappa shape index (κ3) is 3.44. The van der Waals surface area contributed by atoms with Crippen LogP contribution in [0, 0.1) is 6.92 Å². The van der Waals surface area contributed by atoms with Crippen LogP contribution in [0.25, 0.3) is 0 Å². The summed E-state index contributed by atoms with van der Waals surface area (Å²) in [6, 6.07) is 0. The maximum Gasteiger partial charge on any atom is 0.252 e. The van der Waals surface area contributed by atoms with Crippen LogP contribution < -0.4 is 4.72 Å². The first-order valence-electron chi connectivity index (χ1n) is 5.80. The maximum atomic E-state index is 12.0. The molecule has 6 nitrogen and oxygen atoms in total. The number of likely N-dealkylation sites (tertiary alicyclic amines) is 1. The minimum Gasteiger partial charge on any atom is -0.342 e. The number of nitrogens with one attached hydrogen (secondary N) is 1. The van der Waals surface area contributed by atoms with Gasteiger partial charge in [-0.2, -0.15) is 0 Å². The van der Waals surface area contributed by atoms with Gasteiger partial charge >= 0.3 is 0 Å². The first kappa shape index (κ1) is 14.7. The minimum atomic E-state index is -3.72. The average Bonchev–Trinajstić information content (AvgIpc) is 2.96. The lowest BCUT2D eigenvalue weighted by molar-refractivity contribution is -0.128. The normalized spacial score (nSPS) is 16.0. The number of amides is 1. The third-order valence-corrected chi connectivity index (χ3v) is 6.12. The molecule has 1 aliphatic heterocycles. The molecule has 0 radical (unpaired) electrons. The fourth-order valence-corrected chi connectivity index (χ4v) is 4.66. The van der Waals surface area contributed by atoms with E-state index in [9.17, 15) is 13.2 Å². The number of aryl methyl sites for hydroxylation is 1. The first-order valence-corrected chi connectivity index (χ1v) is 8.48. The predicted octanol–water partition coefficient (Wildman–Crippen LogP) is 1.01. The van der Waals surface area contributed by atoms with Crippen molar-refractivity contribution < 1.29 is 13.2 Å². The summed E-state index contributed by atoms with van der Waals surface area (Å²) in [6.45, 7) is 2.74. The van der Waals surface area contributed by atoms with E-state index in [4.69, 9.17) is 11.6 Å². The van der Waals surface area contributed by atoms with Crippen LogP contribution in [0.3, 0.4) is 0 Å². The fourth-order valence-electron chi connectivity index (χ4n) is 1.90. The van der Waals surface area contributed by atoms with Gasteiger partial charge < -0.3 is 4.90 Å². The zero-order valence-electron chi connectivity index (χ0n) is 10.3. The lowest BCUT2D eigenvalue weighted by atomic mass is 10.4. The third-order valence-electron chi connectivity index (χ3n) is 2.84. The number of hydrogen-bond donors (Lipinski definition) is 1. The van der Waals surface area contributed by atoms with Crippen molar-refractivity contribution in [2.75, 3.05) is 19.6 Å². The van der Waals surface area contributed by atoms with Crippen LogP contribution in [0.2, 0.25) is 4.47 Å². The highest BCUT2D eigenvalue weighted by atomic mass is 35.5. The second-order valence-electron chi connectivity index (χ2n) is 4.25. The van der Waals surface area contributed by atoms with Crippen molar-refractivity contribution in [2.24, 2.45) is 0 Å². The van der Waals surface area contributed by atoms with Gasteiger partial charge in [-0.1, -0.05) is 22.9 Å². The fraction of sp³-hybridized carbons (Fsp3) is 0.600. The molecule has 1 saturated heterocycles. The van der Waals surface area contributed by atoms with Crippen molar-refractivity contribution in [3.8, 4) is 0 Å². The second kappa shape index (κ2) is 5.74. The maximum absolute atomic E-state index is 12.0. The zero-order chi connectivity index (χ0) is 14.0. The minimum absolute atomic E-state index is 0.0618. The van der Waals surface area contributed by atoms with Crippen LogP contribution >= 0.6 is 22.9 Å². The number of rotatable bonds is 4. The molecule has 0 aliphatic carbocycles. The van der Waals surface area contributed by atoms with Crippen molar-refractivity contribution in [3.63, 3.8) is 0 Å². The van der Waals surface area contributed by atoms with Gasteiger partial charge in [0.2, 0.25) is 5.91 Å². The molecule has 1 amide bonds. The summed E-state index contributed by atoms with van der Waals surface area (Å²) < 4.78 is 26.6. The van der Waals surface area contributed by atoms with Crippen molar-refractivity contribution in [1.29, 1.82) is 0 Å². The number of halogens is 1. The number of thiazole rings is 1. The zero-order valence-corrected chi connectivity index (χ0v) is 12.7. The SMILES string of the molecule is Cc1nc(Cl)sc1S(=O)(=O)NCC(=O)N1CCCC1. The summed E-state index contributed by atoms with van der Waals surface area (Å²) in [4.78, 5) is 17.3. The summed E-state index contributed by atoms with van der Waals surface area (Å²) >= 11 is 6.56. The monoisotopic (exact) mass is 323 g/mol. The highest BCUT2D eigenvalue weighted by Gasteiger charge is 2.24. The van der Waals surface area contributed by atoms with Gasteiger partial charge in [-0.25, -0.2) is 18.1 Å². The number of aromatic nitrogens is 1. The second-order valence-corrected chi connectivity index (χ2v) is 7.80. The summed E-state index contributed by atoms with van der Waals surface area (Å²) in [5, 5.41) is 0. The highest BCUT2D eigenvalue weighted by Crippen LogP contribution is 2.26. The molecule has 0 atom stereocenters. The van der Waals surface area contributed by atoms with Crippen LogP contribution in [-0.4, -0.2) is 43.8 Å². The number of nitrogens with zero attached hydrogens (tertiary/aromatic N) is 2. The molecule has 1 N–H and O–H groups in total. The highest BCUT2D eigenvalue weighted by molar-refractivity contribution is 7.91. The van der Waals surface area contributed by atoms with Gasteiger partial charge in [0.05, 0.1) is 12.2 Å². The molecule has 0 unspecified atom stereocenters. The molecular weight excluding hydrogens is 310 g/mol. The van der Waals surface area contributed by atoms with E-state index in [-0.39, 0.29) is 21.1 Å². The summed E-state index contributed by atoms with van der Waals surface area (Å²) in [5.41, 5.74) is 0.344. The molecule has 9 heteroatoms. The molecule has 0 bridgehead atoms. The van der Waals surface area contributed by atoms with Gasteiger partial charge in [0.15, 0.2) is 8.68 Å². The molecule has 2 heterocycles. The molecule has 1 aromatic heterocycles. The van der Waals surface area contributed by atoms with Crippen molar-refractivity contribution in [3.05, 3.63) is 10.2 Å². The van der Waals surface area contributed by atoms with Gasteiger partial charge in [-0.3, -0.25) is 4.79 Å². The number of sulfonamides is 1. The van der Waals surface area contributed by atoms with E-state index in [1.54, 1.807) is 11.8 Å². The Bertz CT molecular complexity index is 579. The van der Waals surface area contributed by atoms with Crippen LogP contribution in [-0.2, 0) is 14.8 Å². The van der Waals surface area contributed by atoms with Crippen molar-refractivity contribution in [1.82, 2.24) is 14.6 Å². The summed E-state index contributed by atoms with van der Waals surface area (Å²) in [6.07, 6.45) is 1.95. The van der Waals surface area contributed by atoms with E-state index in [0.29, 0.717) is 18.8 Å². The van der Waals surface area contributed by atoms with Gasteiger partial charge in [0.1, 0.15) is 0 Å². The molecule has 19 heavy (non-hydrogen) atoms. The Morgan fingerprint density at radius 3 is 2.63 bits per heavy atom.